The van der Waals surface area contributed by atoms with Crippen molar-refractivity contribution in [1.29, 1.82) is 0 Å². The number of hydrogen-bond acceptors (Lipinski definition) is 4. The van der Waals surface area contributed by atoms with Crippen molar-refractivity contribution in [2.75, 3.05) is 18.9 Å². The number of carboxylic acid groups (broad SMARTS) is 1. The molecule has 1 atom stereocenters. The van der Waals surface area contributed by atoms with E-state index in [2.05, 4.69) is 10.0 Å². The second kappa shape index (κ2) is 5.83. The highest BCUT2D eigenvalue weighted by molar-refractivity contribution is 7.89. The first-order valence-corrected chi connectivity index (χ1v) is 6.86. The summed E-state index contributed by atoms with van der Waals surface area (Å²) in [4.78, 5) is 10.8. The van der Waals surface area contributed by atoms with Crippen molar-refractivity contribution < 1.29 is 18.3 Å². The summed E-state index contributed by atoms with van der Waals surface area (Å²) in [6.45, 7) is 1.70. The predicted octanol–water partition coefficient (Wildman–Crippen LogP) is 0.727. The molecule has 6 nitrogen and oxygen atoms in total. The molecule has 3 N–H and O–H groups in total. The van der Waals surface area contributed by atoms with E-state index in [1.165, 1.54) is 13.1 Å². The largest absolute Gasteiger partial charge is 0.481 e. The van der Waals surface area contributed by atoms with Gasteiger partial charge < -0.3 is 10.4 Å². The van der Waals surface area contributed by atoms with Crippen LogP contribution < -0.4 is 10.0 Å². The summed E-state index contributed by atoms with van der Waals surface area (Å²) in [5.41, 5.74) is 0.389. The number of aliphatic carboxylic acids is 1. The highest BCUT2D eigenvalue weighted by Gasteiger charge is 2.17. The van der Waals surface area contributed by atoms with Crippen LogP contribution in [-0.2, 0) is 14.8 Å². The maximum Gasteiger partial charge on any atom is 0.308 e. The molecule has 1 unspecified atom stereocenters. The van der Waals surface area contributed by atoms with Gasteiger partial charge in [0.15, 0.2) is 0 Å². The minimum absolute atomic E-state index is 0.102. The number of para-hydroxylation sites is 1. The van der Waals surface area contributed by atoms with Gasteiger partial charge in [-0.05, 0) is 19.2 Å². The SMILES string of the molecule is CNS(=O)(=O)c1ccccc1NCC(C)C(=O)O. The first-order valence-electron chi connectivity index (χ1n) is 5.37. The summed E-state index contributed by atoms with van der Waals surface area (Å²) in [6.07, 6.45) is 0. The maximum atomic E-state index is 11.7. The van der Waals surface area contributed by atoms with E-state index in [1.807, 2.05) is 0 Å². The molecule has 1 aromatic rings. The molecule has 1 rings (SSSR count). The third-order valence-corrected chi connectivity index (χ3v) is 3.94. The summed E-state index contributed by atoms with van der Waals surface area (Å²) in [5.74, 6) is -1.54. The molecule has 0 bridgehead atoms. The first-order chi connectivity index (χ1) is 8.38. The van der Waals surface area contributed by atoms with Crippen LogP contribution in [0, 0.1) is 5.92 Å². The van der Waals surface area contributed by atoms with E-state index < -0.39 is 21.9 Å². The molecule has 0 fully saturated rings. The predicted molar refractivity (Wildman–Crippen MR) is 68.0 cm³/mol. The number of carboxylic acids is 1. The average Bonchev–Trinajstić information content (AvgIpc) is 2.36. The normalized spacial score (nSPS) is 13.0. The van der Waals surface area contributed by atoms with Crippen molar-refractivity contribution in [2.45, 2.75) is 11.8 Å². The second-order valence-electron chi connectivity index (χ2n) is 3.82. The van der Waals surface area contributed by atoms with Gasteiger partial charge in [0.25, 0.3) is 0 Å². The van der Waals surface area contributed by atoms with Crippen molar-refractivity contribution in [2.24, 2.45) is 5.92 Å². The summed E-state index contributed by atoms with van der Waals surface area (Å²) in [6, 6.07) is 6.34. The Morgan fingerprint density at radius 1 is 1.39 bits per heavy atom. The molecule has 0 spiro atoms. The van der Waals surface area contributed by atoms with E-state index in [1.54, 1.807) is 25.1 Å². The standard InChI is InChI=1S/C11H16N2O4S/c1-8(11(14)15)7-13-9-5-3-4-6-10(9)18(16,17)12-2/h3-6,8,12-13H,7H2,1-2H3,(H,14,15). The number of carbonyl (C=O) groups is 1. The molecule has 0 heterocycles. The van der Waals surface area contributed by atoms with E-state index >= 15 is 0 Å². The van der Waals surface area contributed by atoms with Crippen molar-refractivity contribution in [3.8, 4) is 0 Å². The van der Waals surface area contributed by atoms with Crippen molar-refractivity contribution in [1.82, 2.24) is 4.72 Å². The summed E-state index contributed by atoms with van der Waals surface area (Å²) in [7, 11) is -2.23. The molecule has 0 aliphatic rings. The Bertz CT molecular complexity index is 528. The molecule has 0 aliphatic heterocycles. The third-order valence-electron chi connectivity index (χ3n) is 2.47. The van der Waals surface area contributed by atoms with E-state index in [0.29, 0.717) is 5.69 Å². The second-order valence-corrected chi connectivity index (χ2v) is 5.68. The molecule has 0 aliphatic carbocycles. The highest BCUT2D eigenvalue weighted by atomic mass is 32.2. The lowest BCUT2D eigenvalue weighted by Gasteiger charge is -2.13. The van der Waals surface area contributed by atoms with E-state index in [4.69, 9.17) is 5.11 Å². The van der Waals surface area contributed by atoms with Gasteiger partial charge in [0, 0.05) is 6.54 Å². The smallest absolute Gasteiger partial charge is 0.308 e. The fourth-order valence-corrected chi connectivity index (χ4v) is 2.21. The molecule has 100 valence electrons. The molecule has 0 saturated heterocycles. The van der Waals surface area contributed by atoms with Crippen LogP contribution in [0.1, 0.15) is 6.92 Å². The maximum absolute atomic E-state index is 11.7. The Labute approximate surface area is 106 Å². The van der Waals surface area contributed by atoms with Crippen molar-refractivity contribution >= 4 is 21.7 Å². The van der Waals surface area contributed by atoms with Crippen LogP contribution in [-0.4, -0.2) is 33.1 Å². The van der Waals surface area contributed by atoms with Gasteiger partial charge in [0.2, 0.25) is 10.0 Å². The fourth-order valence-electron chi connectivity index (χ4n) is 1.31. The molecule has 7 heteroatoms. The van der Waals surface area contributed by atoms with Crippen LogP contribution in [0.3, 0.4) is 0 Å². The molecule has 0 amide bonds. The Kier molecular flexibility index (Phi) is 4.69. The number of sulfonamides is 1. The van der Waals surface area contributed by atoms with E-state index in [9.17, 15) is 13.2 Å². The van der Waals surface area contributed by atoms with Crippen molar-refractivity contribution in [3.05, 3.63) is 24.3 Å². The number of anilines is 1. The van der Waals surface area contributed by atoms with Crippen LogP contribution in [0.2, 0.25) is 0 Å². The number of rotatable bonds is 6. The quantitative estimate of drug-likeness (QED) is 0.709. The van der Waals surface area contributed by atoms with Crippen LogP contribution in [0.25, 0.3) is 0 Å². The third kappa shape index (κ3) is 3.44. The Morgan fingerprint density at radius 2 is 2.00 bits per heavy atom. The molecule has 0 aromatic heterocycles. The highest BCUT2D eigenvalue weighted by Crippen LogP contribution is 2.20. The van der Waals surface area contributed by atoms with Crippen LogP contribution in [0.15, 0.2) is 29.2 Å². The van der Waals surface area contributed by atoms with Crippen LogP contribution >= 0.6 is 0 Å². The zero-order chi connectivity index (χ0) is 13.8. The minimum Gasteiger partial charge on any atom is -0.481 e. The molecule has 18 heavy (non-hydrogen) atoms. The van der Waals surface area contributed by atoms with Gasteiger partial charge in [-0.15, -0.1) is 0 Å². The number of benzene rings is 1. The van der Waals surface area contributed by atoms with Gasteiger partial charge in [-0.1, -0.05) is 19.1 Å². The van der Waals surface area contributed by atoms with E-state index in [0.717, 1.165) is 0 Å². The summed E-state index contributed by atoms with van der Waals surface area (Å²) >= 11 is 0. The zero-order valence-electron chi connectivity index (χ0n) is 10.2. The number of hydrogen-bond donors (Lipinski definition) is 3. The topological polar surface area (TPSA) is 95.5 Å². The van der Waals surface area contributed by atoms with Crippen LogP contribution in [0.4, 0.5) is 5.69 Å². The van der Waals surface area contributed by atoms with Gasteiger partial charge in [0.05, 0.1) is 11.6 Å². The first kappa shape index (κ1) is 14.5. The lowest BCUT2D eigenvalue weighted by atomic mass is 10.2. The van der Waals surface area contributed by atoms with Crippen molar-refractivity contribution in [3.63, 3.8) is 0 Å². The zero-order valence-corrected chi connectivity index (χ0v) is 11.0. The monoisotopic (exact) mass is 272 g/mol. The fraction of sp³-hybridized carbons (Fsp3) is 0.364. The summed E-state index contributed by atoms with van der Waals surface area (Å²) in [5, 5.41) is 11.6. The average molecular weight is 272 g/mol. The Hall–Kier alpha value is -1.60. The van der Waals surface area contributed by atoms with Gasteiger partial charge in [0.1, 0.15) is 4.90 Å². The molecule has 0 radical (unpaired) electrons. The number of nitrogens with one attached hydrogen (secondary N) is 2. The van der Waals surface area contributed by atoms with Gasteiger partial charge >= 0.3 is 5.97 Å². The lowest BCUT2D eigenvalue weighted by molar-refractivity contribution is -0.140. The molecular weight excluding hydrogens is 256 g/mol. The molecule has 1 aromatic carbocycles. The van der Waals surface area contributed by atoms with Gasteiger partial charge in [-0.2, -0.15) is 0 Å². The van der Waals surface area contributed by atoms with Gasteiger partial charge in [-0.25, -0.2) is 13.1 Å². The Balaban J connectivity index is 2.94. The molecule has 0 saturated carbocycles. The van der Waals surface area contributed by atoms with E-state index in [-0.39, 0.29) is 11.4 Å². The lowest BCUT2D eigenvalue weighted by Crippen LogP contribution is -2.23. The van der Waals surface area contributed by atoms with Gasteiger partial charge in [-0.3, -0.25) is 4.79 Å². The molecular formula is C11H16N2O4S. The minimum atomic E-state index is -3.56. The summed E-state index contributed by atoms with van der Waals surface area (Å²) < 4.78 is 25.7. The Morgan fingerprint density at radius 3 is 2.56 bits per heavy atom. The van der Waals surface area contributed by atoms with Crippen LogP contribution in [0.5, 0.6) is 0 Å².